The molecule has 1 aromatic rings. The van der Waals surface area contributed by atoms with Gasteiger partial charge in [0.25, 0.3) is 12.3 Å². The van der Waals surface area contributed by atoms with Crippen molar-refractivity contribution in [2.75, 3.05) is 27.0 Å². The highest BCUT2D eigenvalue weighted by molar-refractivity contribution is 6.04. The van der Waals surface area contributed by atoms with Gasteiger partial charge in [-0.25, -0.2) is 8.78 Å². The Balaban J connectivity index is 0. The third-order valence-corrected chi connectivity index (χ3v) is 7.65. The lowest BCUT2D eigenvalue weighted by molar-refractivity contribution is -0.171. The van der Waals surface area contributed by atoms with E-state index in [9.17, 15) is 32.3 Å². The van der Waals surface area contributed by atoms with Crippen molar-refractivity contribution in [3.8, 4) is 0 Å². The van der Waals surface area contributed by atoms with Gasteiger partial charge >= 0.3 is 17.9 Å². The highest BCUT2D eigenvalue weighted by Crippen LogP contribution is 2.35. The summed E-state index contributed by atoms with van der Waals surface area (Å²) in [6.45, 7) is 18.2. The number of carbonyl (C=O) groups excluding carboxylic acids is 4. The largest absolute Gasteiger partial charge is 0.465 e. The van der Waals surface area contributed by atoms with Gasteiger partial charge in [-0.05, 0) is 70.2 Å². The van der Waals surface area contributed by atoms with Crippen LogP contribution in [0.3, 0.4) is 0 Å². The molecule has 1 amide bonds. The van der Waals surface area contributed by atoms with Crippen molar-refractivity contribution in [2.24, 2.45) is 11.3 Å². The first kappa shape index (κ1) is 50.4. The summed E-state index contributed by atoms with van der Waals surface area (Å²) in [5, 5.41) is 3.00. The number of hydrogen-bond donors (Lipinski definition) is 1. The number of amides is 1. The zero-order chi connectivity index (χ0) is 40.8. The fourth-order valence-electron chi connectivity index (χ4n) is 4.68. The molecule has 0 heterocycles. The second kappa shape index (κ2) is 29.9. The first-order valence-electron chi connectivity index (χ1n) is 18.0. The standard InChI is InChI=1S/C39H51F2NO7.C2H6.CH3F/c1-8-13-15-17-29(7)39(37(45)47-11-4,38(46)48-12-5)25-26-49-36(44)28(6)19-24-33(10-3)42-35(43)32(18-16-14-9-2)27-30-20-22-31(23-21-30)34(40)41;2*1-2/h8-9,13-18,20-23,27-28,33-34H,7,10-12,19,24-26H2,1-6H3,(H,42,43);1-2H3;1H3/b13-8-,14-9-,17-15-,18-16-,32-27-;;. The van der Waals surface area contributed by atoms with Crippen LogP contribution in [-0.2, 0) is 33.4 Å². The second-order valence-corrected chi connectivity index (χ2v) is 11.2. The normalized spacial score (nSPS) is 12.9. The first-order chi connectivity index (χ1) is 25.4. The van der Waals surface area contributed by atoms with E-state index >= 15 is 0 Å². The van der Waals surface area contributed by atoms with Gasteiger partial charge in [0.1, 0.15) is 0 Å². The minimum Gasteiger partial charge on any atom is -0.465 e. The number of rotatable bonds is 21. The van der Waals surface area contributed by atoms with Crippen LogP contribution in [0.25, 0.3) is 6.08 Å². The molecule has 0 fully saturated rings. The summed E-state index contributed by atoms with van der Waals surface area (Å²) >= 11 is 0. The van der Waals surface area contributed by atoms with Crippen LogP contribution >= 0.6 is 0 Å². The zero-order valence-corrected chi connectivity index (χ0v) is 32.9. The summed E-state index contributed by atoms with van der Waals surface area (Å²) < 4.78 is 51.5. The molecule has 1 N–H and O–H groups in total. The van der Waals surface area contributed by atoms with E-state index in [0.29, 0.717) is 37.6 Å². The Morgan fingerprint density at radius 3 is 1.83 bits per heavy atom. The lowest BCUT2D eigenvalue weighted by atomic mass is 9.77. The van der Waals surface area contributed by atoms with Gasteiger partial charge in [-0.15, -0.1) is 0 Å². The van der Waals surface area contributed by atoms with Gasteiger partial charge in [-0.1, -0.05) is 101 Å². The Morgan fingerprint density at radius 2 is 1.36 bits per heavy atom. The van der Waals surface area contributed by atoms with E-state index < -0.39 is 35.7 Å². The molecule has 0 aliphatic carbocycles. The van der Waals surface area contributed by atoms with Crippen molar-refractivity contribution in [2.45, 2.75) is 93.5 Å². The van der Waals surface area contributed by atoms with E-state index in [1.807, 2.05) is 40.7 Å². The van der Waals surface area contributed by atoms with E-state index in [1.165, 1.54) is 30.3 Å². The number of esters is 3. The van der Waals surface area contributed by atoms with Crippen molar-refractivity contribution in [3.63, 3.8) is 0 Å². The molecule has 1 rings (SSSR count). The van der Waals surface area contributed by atoms with Gasteiger partial charge in [-0.2, -0.15) is 0 Å². The molecular weight excluding hydrogens is 687 g/mol. The van der Waals surface area contributed by atoms with Gasteiger partial charge in [0.05, 0.1) is 32.9 Å². The number of hydrogen-bond acceptors (Lipinski definition) is 7. The van der Waals surface area contributed by atoms with Crippen molar-refractivity contribution in [1.29, 1.82) is 0 Å². The monoisotopic (exact) mass is 747 g/mol. The van der Waals surface area contributed by atoms with Crippen LogP contribution < -0.4 is 5.32 Å². The molecule has 0 aliphatic heterocycles. The van der Waals surface area contributed by atoms with E-state index in [2.05, 4.69) is 11.9 Å². The maximum absolute atomic E-state index is 13.3. The molecule has 0 radical (unpaired) electrons. The third-order valence-electron chi connectivity index (χ3n) is 7.65. The molecule has 11 heteroatoms. The Labute approximate surface area is 314 Å². The lowest BCUT2D eigenvalue weighted by Gasteiger charge is -2.30. The summed E-state index contributed by atoms with van der Waals surface area (Å²) in [4.78, 5) is 52.6. The van der Waals surface area contributed by atoms with E-state index in [0.717, 1.165) is 0 Å². The van der Waals surface area contributed by atoms with Crippen molar-refractivity contribution >= 4 is 29.9 Å². The topological polar surface area (TPSA) is 108 Å². The molecule has 0 aliphatic rings. The Hall–Kier alpha value is -4.67. The minimum atomic E-state index is -2.58. The smallest absolute Gasteiger partial charge is 0.328 e. The second-order valence-electron chi connectivity index (χ2n) is 11.2. The summed E-state index contributed by atoms with van der Waals surface area (Å²) in [5.74, 6) is -3.11. The van der Waals surface area contributed by atoms with Crippen LogP contribution in [0.2, 0.25) is 0 Å². The number of allylic oxidation sites excluding steroid dienone is 7. The number of nitrogens with one attached hydrogen (secondary N) is 1. The number of carbonyl (C=O) groups is 4. The molecule has 0 saturated carbocycles. The highest BCUT2D eigenvalue weighted by Gasteiger charge is 2.50. The molecule has 0 spiro atoms. The Bertz CT molecular complexity index is 1380. The molecule has 8 nitrogen and oxygen atoms in total. The lowest BCUT2D eigenvalue weighted by Crippen LogP contribution is -2.44. The summed E-state index contributed by atoms with van der Waals surface area (Å²) in [7, 11) is 0.500. The molecule has 296 valence electrons. The first-order valence-corrected chi connectivity index (χ1v) is 18.0. The molecule has 1 aromatic carbocycles. The van der Waals surface area contributed by atoms with Gasteiger partial charge < -0.3 is 19.5 Å². The van der Waals surface area contributed by atoms with Crippen LogP contribution in [-0.4, -0.2) is 56.9 Å². The quantitative estimate of drug-likeness (QED) is 0.0439. The summed E-state index contributed by atoms with van der Waals surface area (Å²) in [5.41, 5.74) is -0.930. The molecule has 0 saturated heterocycles. The maximum atomic E-state index is 13.3. The third kappa shape index (κ3) is 18.1. The number of ether oxygens (including phenoxy) is 3. The van der Waals surface area contributed by atoms with Crippen LogP contribution in [0.1, 0.15) is 98.6 Å². The zero-order valence-electron chi connectivity index (χ0n) is 32.9. The predicted molar refractivity (Wildman–Crippen MR) is 207 cm³/mol. The SMILES string of the molecule is C=C(/C=C\C=C/C)C(CCOC(=O)C(C)CCC(CC)NC(=O)C(/C=C\C=C/C)=C\c1ccc(C(F)F)cc1)(C(=O)OCC)C(=O)OCC.CC.CF. The van der Waals surface area contributed by atoms with E-state index in [-0.39, 0.29) is 49.3 Å². The molecule has 0 bridgehead atoms. The average Bonchev–Trinajstić information content (AvgIpc) is 3.16. The Morgan fingerprint density at radius 1 is 0.830 bits per heavy atom. The van der Waals surface area contributed by atoms with Gasteiger partial charge in [0.2, 0.25) is 0 Å². The number of alkyl halides is 3. The fourth-order valence-corrected chi connectivity index (χ4v) is 4.68. The molecular formula is C42H60F3NO7. The summed E-state index contributed by atoms with van der Waals surface area (Å²) in [6, 6.07) is 5.44. The number of benzene rings is 1. The van der Waals surface area contributed by atoms with Crippen LogP contribution in [0.5, 0.6) is 0 Å². The van der Waals surface area contributed by atoms with Gasteiger partial charge in [0.15, 0.2) is 5.41 Å². The van der Waals surface area contributed by atoms with E-state index in [4.69, 9.17) is 14.2 Å². The Kier molecular flexibility index (Phi) is 28.4. The molecule has 53 heavy (non-hydrogen) atoms. The van der Waals surface area contributed by atoms with Crippen LogP contribution in [0, 0.1) is 11.3 Å². The van der Waals surface area contributed by atoms with Gasteiger partial charge in [-0.3, -0.25) is 23.6 Å². The number of halogens is 3. The van der Waals surface area contributed by atoms with Crippen LogP contribution in [0.15, 0.2) is 90.6 Å². The van der Waals surface area contributed by atoms with Crippen molar-refractivity contribution < 1.29 is 46.6 Å². The van der Waals surface area contributed by atoms with Crippen LogP contribution in [0.4, 0.5) is 13.2 Å². The van der Waals surface area contributed by atoms with Gasteiger partial charge in [0, 0.05) is 23.6 Å². The molecule has 0 aromatic heterocycles. The van der Waals surface area contributed by atoms with E-state index in [1.54, 1.807) is 63.3 Å². The van der Waals surface area contributed by atoms with Crippen molar-refractivity contribution in [3.05, 3.63) is 102 Å². The fraction of sp³-hybridized carbons (Fsp3) is 0.476. The minimum absolute atomic E-state index is 0.0234. The highest BCUT2D eigenvalue weighted by atomic mass is 19.3. The van der Waals surface area contributed by atoms with Crippen molar-refractivity contribution in [1.82, 2.24) is 5.32 Å². The molecule has 2 unspecified atom stereocenters. The predicted octanol–water partition coefficient (Wildman–Crippen LogP) is 9.80. The molecule has 2 atom stereocenters. The maximum Gasteiger partial charge on any atom is 0.328 e. The summed E-state index contributed by atoms with van der Waals surface area (Å²) in [6.07, 6.45) is 13.8. The average molecular weight is 748 g/mol.